The molecule has 0 amide bonds. The van der Waals surface area contributed by atoms with E-state index in [9.17, 15) is 0 Å². The van der Waals surface area contributed by atoms with Crippen LogP contribution in [-0.4, -0.2) is 42.6 Å². The Hall–Kier alpha value is -4.12. The molecule has 1 aliphatic rings. The Morgan fingerprint density at radius 1 is 1.27 bits per heavy atom. The second-order valence-electron chi connectivity index (χ2n) is 8.73. The van der Waals surface area contributed by atoms with Crippen molar-refractivity contribution in [3.8, 4) is 22.8 Å². The average Bonchev–Trinajstić information content (AvgIpc) is 3.50. The van der Waals surface area contributed by atoms with E-state index in [4.69, 9.17) is 17.0 Å². The molecule has 4 aromatic rings. The second-order valence-corrected chi connectivity index (χ2v) is 9.14. The Kier molecular flexibility index (Phi) is 6.24. The van der Waals surface area contributed by atoms with Gasteiger partial charge in [-0.2, -0.15) is 8.78 Å². The Bertz CT molecular complexity index is 1520. The number of alkyl halides is 2. The molecule has 0 radical (unpaired) electrons. The number of nitrogens with zero attached hydrogens (tertiary/aromatic N) is 6. The number of aryl methyl sites for hydroxylation is 1. The fourth-order valence-electron chi connectivity index (χ4n) is 4.46. The molecule has 1 atom stereocenters. The van der Waals surface area contributed by atoms with E-state index in [2.05, 4.69) is 30.8 Å². The van der Waals surface area contributed by atoms with Gasteiger partial charge in [0.15, 0.2) is 5.82 Å². The van der Waals surface area contributed by atoms with Gasteiger partial charge in [-0.05, 0) is 37.6 Å². The van der Waals surface area contributed by atoms with Crippen molar-refractivity contribution in [2.75, 3.05) is 12.4 Å². The minimum absolute atomic E-state index is 0.0282. The summed E-state index contributed by atoms with van der Waals surface area (Å²) in [6.45, 7) is 4.21. The fourth-order valence-corrected chi connectivity index (χ4v) is 4.72. The number of benzene rings is 1. The van der Waals surface area contributed by atoms with Crippen molar-refractivity contribution in [1.29, 1.82) is 5.41 Å². The predicted octanol–water partition coefficient (Wildman–Crippen LogP) is 5.00. The van der Waals surface area contributed by atoms with Crippen LogP contribution in [-0.2, 0) is 12.5 Å². The molecule has 9 nitrogen and oxygen atoms in total. The van der Waals surface area contributed by atoms with Crippen molar-refractivity contribution in [3.63, 3.8) is 0 Å². The monoisotopic (exact) mass is 523 g/mol. The molecule has 3 N–H and O–H groups in total. The maximum absolute atomic E-state index is 15.6. The number of halogens is 3. The van der Waals surface area contributed by atoms with Gasteiger partial charge in [0.25, 0.3) is 0 Å². The maximum atomic E-state index is 15.6. The number of rotatable bonds is 7. The highest BCUT2D eigenvalue weighted by atomic mass is 35.5. The molecule has 0 fully saturated rings. The van der Waals surface area contributed by atoms with Crippen LogP contribution in [0.3, 0.4) is 0 Å². The highest BCUT2D eigenvalue weighted by molar-refractivity contribution is 6.31. The van der Waals surface area contributed by atoms with Crippen molar-refractivity contribution in [3.05, 3.63) is 76.6 Å². The Morgan fingerprint density at radius 3 is 2.78 bits per heavy atom. The van der Waals surface area contributed by atoms with Gasteiger partial charge in [0.2, 0.25) is 11.8 Å². The summed E-state index contributed by atoms with van der Waals surface area (Å²) in [5.74, 6) is -2.60. The predicted molar refractivity (Wildman–Crippen MR) is 138 cm³/mol. The van der Waals surface area contributed by atoms with Gasteiger partial charge in [-0.15, -0.1) is 10.2 Å². The fraction of sp³-hybridized carbons (Fsp3) is 0.240. The average molecular weight is 524 g/mol. The molecule has 5 rings (SSSR count). The van der Waals surface area contributed by atoms with Gasteiger partial charge in [-0.3, -0.25) is 4.57 Å². The van der Waals surface area contributed by atoms with Crippen LogP contribution in [0, 0.1) is 12.3 Å². The highest BCUT2D eigenvalue weighted by Gasteiger charge is 2.44. The number of fused-ring (bicyclic) bond motifs is 3. The first kappa shape index (κ1) is 24.6. The zero-order chi connectivity index (χ0) is 26.3. The summed E-state index contributed by atoms with van der Waals surface area (Å²) in [6.07, 6.45) is 6.33. The molecule has 0 bridgehead atoms. The van der Waals surface area contributed by atoms with Gasteiger partial charge < -0.3 is 20.6 Å². The number of hydrogen-bond donors (Lipinski definition) is 3. The number of hydrogen-bond acceptors (Lipinski definition) is 7. The maximum Gasteiger partial charge on any atom is 0.333 e. The lowest BCUT2D eigenvalue weighted by Gasteiger charge is -2.27. The summed E-state index contributed by atoms with van der Waals surface area (Å²) in [4.78, 5) is 8.98. The molecular formula is C25H24ClF2N9. The smallest absolute Gasteiger partial charge is 0.333 e. The van der Waals surface area contributed by atoms with Gasteiger partial charge in [-0.25, -0.2) is 9.97 Å². The summed E-state index contributed by atoms with van der Waals surface area (Å²) in [5, 5.41) is 21.3. The normalized spacial score (nSPS) is 15.2. The molecule has 3 aromatic heterocycles. The third kappa shape index (κ3) is 4.25. The molecule has 37 heavy (non-hydrogen) atoms. The molecule has 1 aromatic carbocycles. The molecule has 0 saturated carbocycles. The Labute approximate surface area is 216 Å². The second kappa shape index (κ2) is 9.40. The van der Waals surface area contributed by atoms with Crippen LogP contribution in [0.2, 0.25) is 5.02 Å². The highest BCUT2D eigenvalue weighted by Crippen LogP contribution is 2.43. The van der Waals surface area contributed by atoms with Crippen LogP contribution < -0.4 is 10.6 Å². The first-order valence-electron chi connectivity index (χ1n) is 11.5. The third-order valence-electron chi connectivity index (χ3n) is 6.23. The number of aromatic nitrogens is 6. The minimum atomic E-state index is -3.42. The summed E-state index contributed by atoms with van der Waals surface area (Å²) in [7, 11) is 1.72. The molecule has 4 heterocycles. The lowest BCUT2D eigenvalue weighted by atomic mass is 10.1. The van der Waals surface area contributed by atoms with E-state index in [1.54, 1.807) is 25.4 Å². The van der Waals surface area contributed by atoms with Gasteiger partial charge in [0.05, 0.1) is 22.5 Å². The van der Waals surface area contributed by atoms with Crippen molar-refractivity contribution in [1.82, 2.24) is 34.6 Å². The van der Waals surface area contributed by atoms with Crippen molar-refractivity contribution in [2.24, 2.45) is 0 Å². The summed E-state index contributed by atoms with van der Waals surface area (Å²) >= 11 is 6.11. The Morgan fingerprint density at radius 2 is 2.05 bits per heavy atom. The van der Waals surface area contributed by atoms with E-state index < -0.39 is 11.7 Å². The van der Waals surface area contributed by atoms with Crippen LogP contribution >= 0.6 is 11.6 Å². The molecule has 0 saturated heterocycles. The summed E-state index contributed by atoms with van der Waals surface area (Å²) < 4.78 is 34.7. The molecule has 0 aliphatic carbocycles. The topological polar surface area (TPSA) is 109 Å². The van der Waals surface area contributed by atoms with Crippen LogP contribution in [0.4, 0.5) is 14.7 Å². The summed E-state index contributed by atoms with van der Waals surface area (Å²) in [6, 6.07) is 7.42. The number of anilines is 1. The van der Waals surface area contributed by atoms with E-state index in [1.165, 1.54) is 22.8 Å². The molecule has 0 spiro atoms. The molecule has 1 aliphatic heterocycles. The van der Waals surface area contributed by atoms with E-state index >= 15 is 8.78 Å². The zero-order valence-corrected chi connectivity index (χ0v) is 21.1. The summed E-state index contributed by atoms with van der Waals surface area (Å²) in [5.41, 5.74) is 2.67. The van der Waals surface area contributed by atoms with Crippen molar-refractivity contribution in [2.45, 2.75) is 32.4 Å². The number of allylic oxidation sites excluding steroid dienone is 1. The van der Waals surface area contributed by atoms with E-state index in [-0.39, 0.29) is 16.6 Å². The quantitative estimate of drug-likeness (QED) is 0.294. The van der Waals surface area contributed by atoms with E-state index in [1.807, 2.05) is 30.7 Å². The van der Waals surface area contributed by atoms with Gasteiger partial charge in [0, 0.05) is 43.3 Å². The number of nitrogens with one attached hydrogen (secondary N) is 3. The van der Waals surface area contributed by atoms with Crippen LogP contribution in [0.25, 0.3) is 22.8 Å². The molecular weight excluding hydrogens is 500 g/mol. The van der Waals surface area contributed by atoms with Crippen molar-refractivity contribution < 1.29 is 8.78 Å². The van der Waals surface area contributed by atoms with Gasteiger partial charge in [-0.1, -0.05) is 29.8 Å². The lowest BCUT2D eigenvalue weighted by Crippen LogP contribution is -2.28. The first-order valence-corrected chi connectivity index (χ1v) is 11.9. The Balaban J connectivity index is 1.56. The van der Waals surface area contributed by atoms with Crippen LogP contribution in [0.5, 0.6) is 0 Å². The van der Waals surface area contributed by atoms with Gasteiger partial charge >= 0.3 is 5.92 Å². The lowest BCUT2D eigenvalue weighted by molar-refractivity contribution is 0.0269. The third-order valence-corrected chi connectivity index (χ3v) is 6.56. The first-order chi connectivity index (χ1) is 17.7. The minimum Gasteiger partial charge on any atom is -0.375 e. The standard InChI is InChI=1S/C25H24ClF2N9/c1-14-11-31-24(32-20(30-3)8-9-29)33-21(14)16-10-19-22-34-35-23(37(22)15(2)12-36(19)13-16)25(27,28)17-6-4-5-7-18(17)26/h4-11,13,15,29-30H,12H2,1-3H3,(H,31,32,33)/b20-8+,29-9?/t15-/m0/s1. The zero-order valence-electron chi connectivity index (χ0n) is 20.3. The molecule has 12 heteroatoms. The van der Waals surface area contributed by atoms with Gasteiger partial charge in [0.1, 0.15) is 5.82 Å². The van der Waals surface area contributed by atoms with Crippen LogP contribution in [0.15, 0.2) is 54.6 Å². The van der Waals surface area contributed by atoms with Crippen LogP contribution in [0.1, 0.15) is 29.9 Å². The van der Waals surface area contributed by atoms with Crippen molar-refractivity contribution >= 4 is 23.8 Å². The molecule has 0 unspecified atom stereocenters. The SMILES string of the molecule is CN/C(=C\C=N)Nc1ncc(C)c(-c2cc3n(c2)C[C@H](C)n2c-3nnc2C(F)(F)c2ccccc2Cl)n1. The van der Waals surface area contributed by atoms with E-state index in [0.717, 1.165) is 17.3 Å². The van der Waals surface area contributed by atoms with E-state index in [0.29, 0.717) is 35.5 Å². The largest absolute Gasteiger partial charge is 0.375 e. The molecule has 190 valence electrons.